The Hall–Kier alpha value is -2.80. The Bertz CT molecular complexity index is 715. The Morgan fingerprint density at radius 1 is 1.15 bits per heavy atom. The van der Waals surface area contributed by atoms with Gasteiger partial charge in [0, 0.05) is 16.9 Å². The first-order valence-electron chi connectivity index (χ1n) is 6.33. The molecule has 1 amide bonds. The lowest BCUT2D eigenvalue weighted by molar-refractivity contribution is -0.118. The molecule has 98 valence electrons. The summed E-state index contributed by atoms with van der Waals surface area (Å²) in [4.78, 5) is 12.3. The molecule has 20 heavy (non-hydrogen) atoms. The number of rotatable bonds is 2. The van der Waals surface area contributed by atoms with E-state index < -0.39 is 5.54 Å². The average molecular weight is 263 g/mol. The van der Waals surface area contributed by atoms with E-state index in [2.05, 4.69) is 16.7 Å². The highest BCUT2D eigenvalue weighted by molar-refractivity contribution is 6.09. The van der Waals surface area contributed by atoms with Crippen LogP contribution in [-0.2, 0) is 10.3 Å². The van der Waals surface area contributed by atoms with Crippen molar-refractivity contribution >= 4 is 17.3 Å². The number of nitrogens with zero attached hydrogens (tertiary/aromatic N) is 1. The van der Waals surface area contributed by atoms with Gasteiger partial charge in [0.2, 0.25) is 5.54 Å². The van der Waals surface area contributed by atoms with Crippen LogP contribution in [0.5, 0.6) is 0 Å². The largest absolute Gasteiger partial charge is 0.356 e. The molecule has 1 atom stereocenters. The standard InChI is InChI=1S/C16H13N3O/c1-11-6-8-12(9-7-11)19-16(10-17)13-4-2-3-5-14(13)18-15(16)20/h2-9,19H,1H3,(H,18,20)/t16-/m1/s1. The molecule has 1 aliphatic rings. The summed E-state index contributed by atoms with van der Waals surface area (Å²) in [5.41, 5.74) is 1.83. The molecule has 1 heterocycles. The molecule has 0 radical (unpaired) electrons. The Morgan fingerprint density at radius 2 is 1.85 bits per heavy atom. The number of amides is 1. The number of anilines is 2. The summed E-state index contributed by atoms with van der Waals surface area (Å²) in [6, 6.07) is 17.0. The SMILES string of the molecule is Cc1ccc(N[C@@]2(C#N)C(=O)Nc3ccccc32)cc1. The smallest absolute Gasteiger partial charge is 0.269 e. The first-order valence-corrected chi connectivity index (χ1v) is 6.33. The highest BCUT2D eigenvalue weighted by Crippen LogP contribution is 2.37. The molecule has 2 aromatic carbocycles. The third-order valence-corrected chi connectivity index (χ3v) is 3.47. The van der Waals surface area contributed by atoms with Crippen LogP contribution in [0.3, 0.4) is 0 Å². The molecule has 3 rings (SSSR count). The second-order valence-electron chi connectivity index (χ2n) is 4.85. The summed E-state index contributed by atoms with van der Waals surface area (Å²) in [6.45, 7) is 1.99. The lowest BCUT2D eigenvalue weighted by Crippen LogP contribution is -2.40. The number of fused-ring (bicyclic) bond motifs is 1. The second-order valence-corrected chi connectivity index (χ2v) is 4.85. The fourth-order valence-electron chi connectivity index (χ4n) is 2.37. The first-order chi connectivity index (χ1) is 9.65. The minimum absolute atomic E-state index is 0.346. The summed E-state index contributed by atoms with van der Waals surface area (Å²) < 4.78 is 0. The van der Waals surface area contributed by atoms with Gasteiger partial charge in [0.25, 0.3) is 5.91 Å². The monoisotopic (exact) mass is 263 g/mol. The van der Waals surface area contributed by atoms with E-state index in [0.717, 1.165) is 11.3 Å². The summed E-state index contributed by atoms with van der Waals surface area (Å²) in [5, 5.41) is 15.4. The molecule has 0 bridgehead atoms. The van der Waals surface area contributed by atoms with Crippen molar-refractivity contribution in [3.63, 3.8) is 0 Å². The van der Waals surface area contributed by atoms with Gasteiger partial charge in [0.15, 0.2) is 0 Å². The number of carbonyl (C=O) groups excluding carboxylic acids is 1. The van der Waals surface area contributed by atoms with Crippen LogP contribution in [0.15, 0.2) is 48.5 Å². The minimum atomic E-state index is -1.37. The molecule has 0 unspecified atom stereocenters. The number of nitrogens with one attached hydrogen (secondary N) is 2. The van der Waals surface area contributed by atoms with E-state index in [-0.39, 0.29) is 5.91 Å². The molecule has 4 heteroatoms. The van der Waals surface area contributed by atoms with Crippen molar-refractivity contribution < 1.29 is 4.79 Å². The highest BCUT2D eigenvalue weighted by atomic mass is 16.2. The van der Waals surface area contributed by atoms with E-state index in [0.29, 0.717) is 11.3 Å². The van der Waals surface area contributed by atoms with Crippen molar-refractivity contribution in [2.75, 3.05) is 10.6 Å². The van der Waals surface area contributed by atoms with Crippen LogP contribution >= 0.6 is 0 Å². The van der Waals surface area contributed by atoms with Gasteiger partial charge in [-0.1, -0.05) is 35.9 Å². The molecule has 0 aliphatic carbocycles. The van der Waals surface area contributed by atoms with Crippen LogP contribution in [0.25, 0.3) is 0 Å². The molecule has 0 fully saturated rings. The number of hydrogen-bond donors (Lipinski definition) is 2. The zero-order valence-corrected chi connectivity index (χ0v) is 11.0. The molecule has 0 spiro atoms. The Morgan fingerprint density at radius 3 is 2.55 bits per heavy atom. The van der Waals surface area contributed by atoms with Crippen molar-refractivity contribution in [3.8, 4) is 6.07 Å². The van der Waals surface area contributed by atoms with E-state index >= 15 is 0 Å². The Kier molecular flexibility index (Phi) is 2.69. The molecular formula is C16H13N3O. The average Bonchev–Trinajstić information content (AvgIpc) is 2.74. The maximum atomic E-state index is 12.3. The molecule has 1 aliphatic heterocycles. The van der Waals surface area contributed by atoms with E-state index in [9.17, 15) is 10.1 Å². The molecule has 2 N–H and O–H groups in total. The number of carbonyl (C=O) groups is 1. The fourth-order valence-corrected chi connectivity index (χ4v) is 2.37. The van der Waals surface area contributed by atoms with Crippen molar-refractivity contribution in [1.29, 1.82) is 5.26 Å². The van der Waals surface area contributed by atoms with Gasteiger partial charge < -0.3 is 10.6 Å². The predicted octanol–water partition coefficient (Wildman–Crippen LogP) is 2.78. The first kappa shape index (κ1) is 12.2. The van der Waals surface area contributed by atoms with Crippen LogP contribution in [0, 0.1) is 18.3 Å². The van der Waals surface area contributed by atoms with Gasteiger partial charge in [-0.25, -0.2) is 0 Å². The number of benzene rings is 2. The van der Waals surface area contributed by atoms with Gasteiger partial charge in [-0.15, -0.1) is 0 Å². The van der Waals surface area contributed by atoms with Crippen molar-refractivity contribution in [2.24, 2.45) is 0 Å². The van der Waals surface area contributed by atoms with Crippen LogP contribution in [-0.4, -0.2) is 5.91 Å². The predicted molar refractivity (Wildman–Crippen MR) is 77.2 cm³/mol. The van der Waals surface area contributed by atoms with Crippen LogP contribution in [0.4, 0.5) is 11.4 Å². The zero-order chi connectivity index (χ0) is 14.2. The maximum Gasteiger partial charge on any atom is 0.269 e. The van der Waals surface area contributed by atoms with E-state index in [1.807, 2.05) is 43.3 Å². The molecule has 0 saturated heterocycles. The fraction of sp³-hybridized carbons (Fsp3) is 0.125. The van der Waals surface area contributed by atoms with Crippen LogP contribution in [0.2, 0.25) is 0 Å². The van der Waals surface area contributed by atoms with Crippen molar-refractivity contribution in [3.05, 3.63) is 59.7 Å². The summed E-state index contributed by atoms with van der Waals surface area (Å²) in [7, 11) is 0. The van der Waals surface area contributed by atoms with E-state index in [4.69, 9.17) is 0 Å². The summed E-state index contributed by atoms with van der Waals surface area (Å²) in [6.07, 6.45) is 0. The zero-order valence-electron chi connectivity index (χ0n) is 11.0. The molecule has 4 nitrogen and oxygen atoms in total. The van der Waals surface area contributed by atoms with Gasteiger partial charge in [0.1, 0.15) is 6.07 Å². The molecule has 2 aromatic rings. The lowest BCUT2D eigenvalue weighted by Gasteiger charge is -2.22. The van der Waals surface area contributed by atoms with Crippen LogP contribution < -0.4 is 10.6 Å². The normalized spacial score (nSPS) is 19.9. The van der Waals surface area contributed by atoms with Gasteiger partial charge >= 0.3 is 0 Å². The molecule has 0 saturated carbocycles. The van der Waals surface area contributed by atoms with Gasteiger partial charge in [0.05, 0.1) is 0 Å². The third-order valence-electron chi connectivity index (χ3n) is 3.47. The molecular weight excluding hydrogens is 250 g/mol. The quantitative estimate of drug-likeness (QED) is 0.875. The van der Waals surface area contributed by atoms with Gasteiger partial charge in [-0.05, 0) is 25.1 Å². The van der Waals surface area contributed by atoms with Gasteiger partial charge in [-0.3, -0.25) is 4.79 Å². The number of nitriles is 1. The summed E-state index contributed by atoms with van der Waals surface area (Å²) in [5.74, 6) is -0.346. The van der Waals surface area contributed by atoms with Gasteiger partial charge in [-0.2, -0.15) is 5.26 Å². The van der Waals surface area contributed by atoms with E-state index in [1.165, 1.54) is 0 Å². The van der Waals surface area contributed by atoms with Crippen LogP contribution in [0.1, 0.15) is 11.1 Å². The second kappa shape index (κ2) is 4.39. The topological polar surface area (TPSA) is 64.9 Å². The van der Waals surface area contributed by atoms with Crippen molar-refractivity contribution in [2.45, 2.75) is 12.5 Å². The maximum absolute atomic E-state index is 12.3. The minimum Gasteiger partial charge on any atom is -0.356 e. The number of para-hydroxylation sites is 1. The van der Waals surface area contributed by atoms with Crippen molar-refractivity contribution in [1.82, 2.24) is 0 Å². The third kappa shape index (κ3) is 1.72. The lowest BCUT2D eigenvalue weighted by atomic mass is 9.92. The Labute approximate surface area is 117 Å². The summed E-state index contributed by atoms with van der Waals surface area (Å²) >= 11 is 0. The number of hydrogen-bond acceptors (Lipinski definition) is 3. The van der Waals surface area contributed by atoms with E-state index in [1.54, 1.807) is 12.1 Å². The Balaban J connectivity index is 2.06. The number of aryl methyl sites for hydroxylation is 1. The highest BCUT2D eigenvalue weighted by Gasteiger charge is 2.47. The molecule has 0 aromatic heterocycles.